The number of carbonyl (C=O) groups excluding carboxylic acids is 2. The normalized spacial score (nSPS) is 11.8. The third kappa shape index (κ3) is 5.83. The van der Waals surface area contributed by atoms with Crippen LogP contribution < -0.4 is 10.2 Å². The predicted octanol–water partition coefficient (Wildman–Crippen LogP) is 1.82. The number of benzene rings is 1. The second-order valence-electron chi connectivity index (χ2n) is 6.20. The Morgan fingerprint density at radius 1 is 1.19 bits per heavy atom. The van der Waals surface area contributed by atoms with Crippen molar-refractivity contribution in [1.82, 2.24) is 10.2 Å². The number of rotatable bonds is 8. The van der Waals surface area contributed by atoms with Gasteiger partial charge in [-0.05, 0) is 31.2 Å². The van der Waals surface area contributed by atoms with Crippen molar-refractivity contribution in [3.05, 3.63) is 56.7 Å². The number of likely N-dealkylation sites (N-methyl/N-ethyl adjacent to an activating group) is 2. The summed E-state index contributed by atoms with van der Waals surface area (Å²) in [6.07, 6.45) is 0. The Labute approximate surface area is 163 Å². The monoisotopic (exact) mass is 394 g/mol. The van der Waals surface area contributed by atoms with Gasteiger partial charge in [0.05, 0.1) is 17.9 Å². The summed E-state index contributed by atoms with van der Waals surface area (Å²) in [5, 5.41) is 2.61. The Morgan fingerprint density at radius 3 is 2.42 bits per heavy atom. The second-order valence-corrected chi connectivity index (χ2v) is 8.00. The predicted molar refractivity (Wildman–Crippen MR) is 106 cm³/mol. The smallest absolute Gasteiger partial charge is 0.278 e. The van der Waals surface area contributed by atoms with E-state index in [2.05, 4.69) is 5.32 Å². The third-order valence-corrected chi connectivity index (χ3v) is 5.33. The molecule has 1 aromatic heterocycles. The van der Waals surface area contributed by atoms with E-state index in [1.165, 1.54) is 11.3 Å². The molecular weight excluding hydrogens is 370 g/mol. The van der Waals surface area contributed by atoms with Crippen LogP contribution in [0.3, 0.4) is 0 Å². The maximum absolute atomic E-state index is 12.6. The van der Waals surface area contributed by atoms with E-state index in [1.54, 1.807) is 7.05 Å². The van der Waals surface area contributed by atoms with Crippen LogP contribution in [0.15, 0.2) is 36.4 Å². The molecule has 0 fully saturated rings. The minimum Gasteiger partial charge on any atom is -0.355 e. The lowest BCUT2D eigenvalue weighted by Gasteiger charge is -2.22. The minimum absolute atomic E-state index is 0.0975. The molecule has 0 bridgehead atoms. The fourth-order valence-electron chi connectivity index (χ4n) is 2.70. The van der Waals surface area contributed by atoms with Crippen LogP contribution in [0.2, 0.25) is 4.34 Å². The summed E-state index contributed by atoms with van der Waals surface area (Å²) in [5.74, 6) is 0.0243. The Morgan fingerprint density at radius 2 is 1.88 bits per heavy atom. The highest BCUT2D eigenvalue weighted by molar-refractivity contribution is 7.16. The molecule has 0 saturated carbocycles. The molecule has 2 amide bonds. The van der Waals surface area contributed by atoms with Crippen LogP contribution in [0, 0.1) is 0 Å². The van der Waals surface area contributed by atoms with Crippen molar-refractivity contribution in [2.24, 2.45) is 0 Å². The number of nitrogens with one attached hydrogen (secondary N) is 2. The summed E-state index contributed by atoms with van der Waals surface area (Å²) in [6, 6.07) is 11.3. The number of quaternary nitrogens is 1. The van der Waals surface area contributed by atoms with Crippen molar-refractivity contribution in [3.63, 3.8) is 0 Å². The van der Waals surface area contributed by atoms with Crippen molar-refractivity contribution in [2.75, 3.05) is 27.2 Å². The fourth-order valence-corrected chi connectivity index (χ4v) is 3.80. The van der Waals surface area contributed by atoms with E-state index < -0.39 is 0 Å². The van der Waals surface area contributed by atoms with Crippen molar-refractivity contribution in [1.29, 1.82) is 0 Å². The number of carbonyl (C=O) groups is 2. The van der Waals surface area contributed by atoms with E-state index in [9.17, 15) is 9.59 Å². The van der Waals surface area contributed by atoms with Crippen LogP contribution in [0.25, 0.3) is 0 Å². The molecule has 2 aromatic rings. The molecule has 26 heavy (non-hydrogen) atoms. The van der Waals surface area contributed by atoms with Gasteiger partial charge in [-0.1, -0.05) is 23.7 Å². The Kier molecular flexibility index (Phi) is 7.63. The van der Waals surface area contributed by atoms with Crippen molar-refractivity contribution >= 4 is 34.8 Å². The number of hydrogen-bond donors (Lipinski definition) is 2. The van der Waals surface area contributed by atoms with Gasteiger partial charge in [0.1, 0.15) is 6.54 Å². The van der Waals surface area contributed by atoms with Gasteiger partial charge in [-0.15, -0.1) is 11.3 Å². The molecule has 7 heteroatoms. The van der Waals surface area contributed by atoms with Gasteiger partial charge in [0.25, 0.3) is 11.8 Å². The molecule has 2 N–H and O–H groups in total. The lowest BCUT2D eigenvalue weighted by molar-refractivity contribution is -0.885. The van der Waals surface area contributed by atoms with Crippen LogP contribution in [0.5, 0.6) is 0 Å². The Balaban J connectivity index is 1.89. The highest BCUT2D eigenvalue weighted by Gasteiger charge is 2.18. The van der Waals surface area contributed by atoms with E-state index >= 15 is 0 Å². The summed E-state index contributed by atoms with van der Waals surface area (Å²) in [6.45, 7) is 4.40. The number of amides is 2. The van der Waals surface area contributed by atoms with Gasteiger partial charge < -0.3 is 15.1 Å². The maximum atomic E-state index is 12.6. The second kappa shape index (κ2) is 9.71. The molecule has 0 aliphatic heterocycles. The largest absolute Gasteiger partial charge is 0.355 e. The molecule has 1 heterocycles. The number of thiophene rings is 1. The summed E-state index contributed by atoms with van der Waals surface area (Å²) in [5.41, 5.74) is 1.73. The van der Waals surface area contributed by atoms with Gasteiger partial charge in [0.2, 0.25) is 0 Å². The van der Waals surface area contributed by atoms with E-state index in [1.807, 2.05) is 55.3 Å². The first-order valence-electron chi connectivity index (χ1n) is 8.57. The number of halogens is 1. The van der Waals surface area contributed by atoms with Gasteiger partial charge in [0, 0.05) is 29.6 Å². The minimum atomic E-state index is -0.0975. The molecule has 1 atom stereocenters. The van der Waals surface area contributed by atoms with Crippen molar-refractivity contribution < 1.29 is 14.5 Å². The SMILES string of the molecule is CCN(Cc1ccc(Cl)s1)C(=O)C[NH+](C)Cc1ccc(C(=O)NC)cc1. The van der Waals surface area contributed by atoms with Crippen LogP contribution in [0.1, 0.15) is 27.7 Å². The first-order chi connectivity index (χ1) is 12.4. The van der Waals surface area contributed by atoms with Gasteiger partial charge in [-0.2, -0.15) is 0 Å². The molecule has 140 valence electrons. The Bertz CT molecular complexity index is 745. The quantitative estimate of drug-likeness (QED) is 0.717. The zero-order chi connectivity index (χ0) is 19.1. The van der Waals surface area contributed by atoms with Gasteiger partial charge in [-0.25, -0.2) is 0 Å². The summed E-state index contributed by atoms with van der Waals surface area (Å²) in [4.78, 5) is 28.2. The average molecular weight is 395 g/mol. The van der Waals surface area contributed by atoms with E-state index in [-0.39, 0.29) is 11.8 Å². The van der Waals surface area contributed by atoms with Crippen LogP contribution in [0.4, 0.5) is 0 Å². The van der Waals surface area contributed by atoms with Gasteiger partial charge >= 0.3 is 0 Å². The van der Waals surface area contributed by atoms with Crippen LogP contribution in [-0.4, -0.2) is 43.9 Å². The van der Waals surface area contributed by atoms with Crippen LogP contribution in [-0.2, 0) is 17.9 Å². The molecule has 0 saturated heterocycles. The molecule has 5 nitrogen and oxygen atoms in total. The molecule has 2 rings (SSSR count). The zero-order valence-electron chi connectivity index (χ0n) is 15.3. The molecule has 0 spiro atoms. The van der Waals surface area contributed by atoms with Gasteiger partial charge in [0.15, 0.2) is 6.54 Å². The molecule has 0 radical (unpaired) electrons. The fraction of sp³-hybridized carbons (Fsp3) is 0.368. The summed E-state index contributed by atoms with van der Waals surface area (Å²) < 4.78 is 0.742. The van der Waals surface area contributed by atoms with E-state index in [4.69, 9.17) is 11.6 Å². The number of hydrogen-bond acceptors (Lipinski definition) is 3. The lowest BCUT2D eigenvalue weighted by Crippen LogP contribution is -3.08. The Hall–Kier alpha value is -1.89. The van der Waals surface area contributed by atoms with Crippen molar-refractivity contribution in [3.8, 4) is 0 Å². The first-order valence-corrected chi connectivity index (χ1v) is 9.76. The highest BCUT2D eigenvalue weighted by Crippen LogP contribution is 2.22. The van der Waals surface area contributed by atoms with Crippen LogP contribution >= 0.6 is 22.9 Å². The summed E-state index contributed by atoms with van der Waals surface area (Å²) in [7, 11) is 3.61. The molecule has 0 aliphatic carbocycles. The van der Waals surface area contributed by atoms with Gasteiger partial charge in [-0.3, -0.25) is 9.59 Å². The maximum Gasteiger partial charge on any atom is 0.278 e. The first kappa shape index (κ1) is 20.4. The highest BCUT2D eigenvalue weighted by atomic mass is 35.5. The molecule has 1 aromatic carbocycles. The topological polar surface area (TPSA) is 53.9 Å². The third-order valence-electron chi connectivity index (χ3n) is 4.11. The lowest BCUT2D eigenvalue weighted by atomic mass is 10.1. The van der Waals surface area contributed by atoms with E-state index in [0.717, 1.165) is 26.2 Å². The average Bonchev–Trinajstić information content (AvgIpc) is 3.04. The van der Waals surface area contributed by atoms with Crippen molar-refractivity contribution in [2.45, 2.75) is 20.0 Å². The molecule has 1 unspecified atom stereocenters. The summed E-state index contributed by atoms with van der Waals surface area (Å²) >= 11 is 7.47. The standard InChI is InChI=1S/C19H24ClN3O2S/c1-4-23(12-16-9-10-17(20)26-16)18(24)13-22(3)11-14-5-7-15(8-6-14)19(25)21-2/h5-10H,4,11-13H2,1-3H3,(H,21,25)/p+1. The molecular formula is C19H25ClN3O2S+. The molecule has 0 aliphatic rings. The zero-order valence-corrected chi connectivity index (χ0v) is 16.9. The number of nitrogens with zero attached hydrogens (tertiary/aromatic N) is 1. The van der Waals surface area contributed by atoms with E-state index in [0.29, 0.717) is 25.2 Å².